The monoisotopic (exact) mass is 410 g/mol. The van der Waals surface area contributed by atoms with E-state index < -0.39 is 5.25 Å². The van der Waals surface area contributed by atoms with E-state index in [0.717, 1.165) is 11.8 Å². The van der Waals surface area contributed by atoms with Crippen LogP contribution in [-0.4, -0.2) is 35.6 Å². The molecule has 0 saturated heterocycles. The summed E-state index contributed by atoms with van der Waals surface area (Å²) in [4.78, 5) is 12.4. The number of nitriles is 1. The molecule has 3 aromatic rings. The Labute approximate surface area is 171 Å². The molecular weight excluding hydrogens is 392 g/mol. The predicted molar refractivity (Wildman–Crippen MR) is 108 cm³/mol. The van der Waals surface area contributed by atoms with Gasteiger partial charge in [-0.15, -0.1) is 10.2 Å². The molecule has 0 aliphatic carbocycles. The first-order chi connectivity index (χ1) is 14.0. The van der Waals surface area contributed by atoms with Crippen LogP contribution in [0.4, 0.5) is 5.69 Å². The first kappa shape index (κ1) is 20.2. The molecule has 3 rings (SSSR count). The summed E-state index contributed by atoms with van der Waals surface area (Å²) in [6.45, 7) is 1.74. The fourth-order valence-corrected chi connectivity index (χ4v) is 3.10. The van der Waals surface area contributed by atoms with Crippen molar-refractivity contribution in [1.29, 1.82) is 5.26 Å². The Morgan fingerprint density at radius 3 is 2.52 bits per heavy atom. The minimum Gasteiger partial charge on any atom is -0.493 e. The van der Waals surface area contributed by atoms with Gasteiger partial charge < -0.3 is 19.2 Å². The summed E-state index contributed by atoms with van der Waals surface area (Å²) >= 11 is 1.15. The molecular formula is C20H18N4O4S. The van der Waals surface area contributed by atoms with Crippen molar-refractivity contribution in [3.8, 4) is 29.0 Å². The lowest BCUT2D eigenvalue weighted by Gasteiger charge is -2.09. The predicted octanol–water partition coefficient (Wildman–Crippen LogP) is 3.74. The number of carbonyl (C=O) groups excluding carboxylic acids is 1. The minimum atomic E-state index is -0.468. The maximum atomic E-state index is 12.4. The fourth-order valence-electron chi connectivity index (χ4n) is 2.42. The number of ether oxygens (including phenoxy) is 2. The summed E-state index contributed by atoms with van der Waals surface area (Å²) in [5.41, 5.74) is 1.81. The molecule has 0 fully saturated rings. The van der Waals surface area contributed by atoms with Crippen molar-refractivity contribution < 1.29 is 18.7 Å². The van der Waals surface area contributed by atoms with Gasteiger partial charge in [0.25, 0.3) is 5.22 Å². The number of methoxy groups -OCH3 is 2. The maximum absolute atomic E-state index is 12.4. The number of thioether (sulfide) groups is 1. The van der Waals surface area contributed by atoms with Crippen LogP contribution in [-0.2, 0) is 4.79 Å². The van der Waals surface area contributed by atoms with Crippen molar-refractivity contribution in [2.24, 2.45) is 0 Å². The normalized spacial score (nSPS) is 11.4. The van der Waals surface area contributed by atoms with Crippen molar-refractivity contribution in [2.75, 3.05) is 19.5 Å². The van der Waals surface area contributed by atoms with Gasteiger partial charge in [-0.25, -0.2) is 0 Å². The van der Waals surface area contributed by atoms with E-state index in [1.807, 2.05) is 6.07 Å². The molecule has 0 aliphatic rings. The van der Waals surface area contributed by atoms with Gasteiger partial charge in [0, 0.05) is 11.3 Å². The zero-order valence-electron chi connectivity index (χ0n) is 16.0. The van der Waals surface area contributed by atoms with Gasteiger partial charge in [-0.1, -0.05) is 11.8 Å². The number of carbonyl (C=O) groups is 1. The first-order valence-electron chi connectivity index (χ1n) is 8.57. The van der Waals surface area contributed by atoms with E-state index in [9.17, 15) is 4.79 Å². The number of hydrogen-bond donors (Lipinski definition) is 1. The van der Waals surface area contributed by atoms with E-state index in [1.165, 1.54) is 0 Å². The average molecular weight is 410 g/mol. The van der Waals surface area contributed by atoms with Crippen LogP contribution >= 0.6 is 11.8 Å². The van der Waals surface area contributed by atoms with E-state index in [1.54, 1.807) is 63.6 Å². The Bertz CT molecular complexity index is 1040. The zero-order chi connectivity index (χ0) is 20.8. The number of rotatable bonds is 7. The van der Waals surface area contributed by atoms with Gasteiger partial charge in [0.15, 0.2) is 11.5 Å². The molecule has 1 N–H and O–H groups in total. The van der Waals surface area contributed by atoms with Gasteiger partial charge in [0.05, 0.1) is 31.1 Å². The smallest absolute Gasteiger partial charge is 0.277 e. The molecule has 0 unspecified atom stereocenters. The van der Waals surface area contributed by atoms with Gasteiger partial charge >= 0.3 is 0 Å². The van der Waals surface area contributed by atoms with Gasteiger partial charge in [0.1, 0.15) is 0 Å². The molecule has 1 aromatic heterocycles. The van der Waals surface area contributed by atoms with Crippen LogP contribution in [0.1, 0.15) is 12.5 Å². The molecule has 9 heteroatoms. The quantitative estimate of drug-likeness (QED) is 0.587. The summed E-state index contributed by atoms with van der Waals surface area (Å²) in [6, 6.07) is 13.9. The number of nitrogens with one attached hydrogen (secondary N) is 1. The lowest BCUT2D eigenvalue weighted by Crippen LogP contribution is -2.22. The summed E-state index contributed by atoms with van der Waals surface area (Å²) in [7, 11) is 3.11. The number of hydrogen-bond acceptors (Lipinski definition) is 8. The largest absolute Gasteiger partial charge is 0.493 e. The maximum Gasteiger partial charge on any atom is 0.277 e. The summed E-state index contributed by atoms with van der Waals surface area (Å²) in [6.07, 6.45) is 0. The first-order valence-corrected chi connectivity index (χ1v) is 9.45. The van der Waals surface area contributed by atoms with Crippen molar-refractivity contribution in [3.63, 3.8) is 0 Å². The van der Waals surface area contributed by atoms with E-state index in [4.69, 9.17) is 19.2 Å². The number of anilines is 1. The third kappa shape index (κ3) is 4.86. The fraction of sp³-hybridized carbons (Fsp3) is 0.200. The Hall–Kier alpha value is -3.51. The number of aromatic nitrogens is 2. The SMILES string of the molecule is COc1ccc(-c2nnc(S[C@H](C)C(=O)Nc3ccc(C#N)cc3)o2)cc1OC. The third-order valence-electron chi connectivity index (χ3n) is 3.97. The van der Waals surface area contributed by atoms with Crippen molar-refractivity contribution in [1.82, 2.24) is 10.2 Å². The Kier molecular flexibility index (Phi) is 6.36. The highest BCUT2D eigenvalue weighted by molar-refractivity contribution is 8.00. The van der Waals surface area contributed by atoms with Gasteiger partial charge in [0.2, 0.25) is 11.8 Å². The lowest BCUT2D eigenvalue weighted by molar-refractivity contribution is -0.115. The van der Waals surface area contributed by atoms with Crippen LogP contribution in [0.15, 0.2) is 52.1 Å². The molecule has 0 saturated carbocycles. The number of benzene rings is 2. The molecule has 0 spiro atoms. The number of nitrogens with zero attached hydrogens (tertiary/aromatic N) is 3. The average Bonchev–Trinajstić information content (AvgIpc) is 3.22. The van der Waals surface area contributed by atoms with Crippen LogP contribution in [0.25, 0.3) is 11.5 Å². The molecule has 1 heterocycles. The Balaban J connectivity index is 1.66. The summed E-state index contributed by atoms with van der Waals surface area (Å²) < 4.78 is 16.2. The van der Waals surface area contributed by atoms with Crippen LogP contribution in [0.5, 0.6) is 11.5 Å². The van der Waals surface area contributed by atoms with Crippen molar-refractivity contribution >= 4 is 23.4 Å². The Morgan fingerprint density at radius 1 is 1.14 bits per heavy atom. The Morgan fingerprint density at radius 2 is 1.86 bits per heavy atom. The van der Waals surface area contributed by atoms with Crippen LogP contribution in [0.2, 0.25) is 0 Å². The molecule has 1 atom stereocenters. The zero-order valence-corrected chi connectivity index (χ0v) is 16.8. The van der Waals surface area contributed by atoms with Crippen LogP contribution < -0.4 is 14.8 Å². The lowest BCUT2D eigenvalue weighted by atomic mass is 10.2. The molecule has 1 amide bonds. The van der Waals surface area contributed by atoms with Crippen molar-refractivity contribution in [2.45, 2.75) is 17.4 Å². The van der Waals surface area contributed by atoms with E-state index in [-0.39, 0.29) is 11.1 Å². The van der Waals surface area contributed by atoms with E-state index in [0.29, 0.717) is 34.2 Å². The van der Waals surface area contributed by atoms with Crippen molar-refractivity contribution in [3.05, 3.63) is 48.0 Å². The second kappa shape index (κ2) is 9.12. The van der Waals surface area contributed by atoms with Gasteiger partial charge in [-0.3, -0.25) is 4.79 Å². The third-order valence-corrected chi connectivity index (χ3v) is 4.90. The van der Waals surface area contributed by atoms with Gasteiger partial charge in [-0.05, 0) is 49.4 Å². The molecule has 148 valence electrons. The highest BCUT2D eigenvalue weighted by Gasteiger charge is 2.19. The topological polar surface area (TPSA) is 110 Å². The molecule has 0 radical (unpaired) electrons. The van der Waals surface area contributed by atoms with E-state index in [2.05, 4.69) is 15.5 Å². The molecule has 2 aromatic carbocycles. The van der Waals surface area contributed by atoms with Crippen LogP contribution in [0, 0.1) is 11.3 Å². The minimum absolute atomic E-state index is 0.217. The second-order valence-electron chi connectivity index (χ2n) is 5.88. The molecule has 29 heavy (non-hydrogen) atoms. The number of amides is 1. The van der Waals surface area contributed by atoms with Gasteiger partial charge in [-0.2, -0.15) is 5.26 Å². The highest BCUT2D eigenvalue weighted by atomic mass is 32.2. The summed E-state index contributed by atoms with van der Waals surface area (Å²) in [5.74, 6) is 1.24. The van der Waals surface area contributed by atoms with E-state index >= 15 is 0 Å². The summed E-state index contributed by atoms with van der Waals surface area (Å²) in [5, 5.41) is 19.5. The molecule has 8 nitrogen and oxygen atoms in total. The van der Waals surface area contributed by atoms with Crippen LogP contribution in [0.3, 0.4) is 0 Å². The highest BCUT2D eigenvalue weighted by Crippen LogP contribution is 2.33. The standard InChI is InChI=1S/C20H18N4O4S/c1-12(18(25)22-15-7-4-13(11-21)5-8-15)29-20-24-23-19(28-20)14-6-9-16(26-2)17(10-14)27-3/h4-10,12H,1-3H3,(H,22,25)/t12-/m1/s1. The second-order valence-corrected chi connectivity index (χ2v) is 7.17. The molecule has 0 bridgehead atoms. The molecule has 0 aliphatic heterocycles.